The molecule has 244 valence electrons. The van der Waals surface area contributed by atoms with Gasteiger partial charge in [-0.15, -0.1) is 0 Å². The monoisotopic (exact) mass is 614 g/mol. The van der Waals surface area contributed by atoms with Gasteiger partial charge in [0.1, 0.15) is 0 Å². The van der Waals surface area contributed by atoms with Crippen LogP contribution in [-0.2, 0) is 11.8 Å². The fourth-order valence-corrected chi connectivity index (χ4v) is 6.52. The summed E-state index contributed by atoms with van der Waals surface area (Å²) in [4.78, 5) is 9.89. The molecule has 3 aliphatic carbocycles. The Bertz CT molecular complexity index is 1690. The third-order valence-corrected chi connectivity index (χ3v) is 7.61. The second kappa shape index (κ2) is 18.8. The van der Waals surface area contributed by atoms with Crippen LogP contribution in [0.4, 0.5) is 0 Å². The highest BCUT2D eigenvalue weighted by Crippen LogP contribution is 2.66. The molecule has 3 aromatic carbocycles. The molecule has 0 saturated carbocycles. The molecule has 0 N–H and O–H groups in total. The van der Waals surface area contributed by atoms with Gasteiger partial charge in [0.05, 0.1) is 16.6 Å². The summed E-state index contributed by atoms with van der Waals surface area (Å²) >= 11 is 0. The van der Waals surface area contributed by atoms with Crippen molar-refractivity contribution in [2.24, 2.45) is 0 Å². The molecule has 0 radical (unpaired) electrons. The Morgan fingerprint density at radius 1 is 0.565 bits per heavy atom. The zero-order chi connectivity index (χ0) is 34.3. The first-order chi connectivity index (χ1) is 22.7. The van der Waals surface area contributed by atoms with E-state index in [1.54, 1.807) is 0 Å². The predicted octanol–water partition coefficient (Wildman–Crippen LogP) is 13.4. The highest BCUT2D eigenvalue weighted by Gasteiger charge is 2.56. The number of hydrogen-bond donors (Lipinski definition) is 0. The van der Waals surface area contributed by atoms with Gasteiger partial charge in [0.15, 0.2) is 0 Å². The van der Waals surface area contributed by atoms with E-state index in [0.29, 0.717) is 0 Å². The van der Waals surface area contributed by atoms with Crippen LogP contribution in [0, 0.1) is 0 Å². The first-order valence-electron chi connectivity index (χ1n) is 18.0. The van der Waals surface area contributed by atoms with Gasteiger partial charge in [-0.05, 0) is 56.6 Å². The summed E-state index contributed by atoms with van der Waals surface area (Å²) in [6.45, 7) is 24.5. The second-order valence-corrected chi connectivity index (χ2v) is 10.4. The molecule has 1 spiro atoms. The van der Waals surface area contributed by atoms with Gasteiger partial charge in [-0.2, -0.15) is 0 Å². The van der Waals surface area contributed by atoms with E-state index >= 15 is 0 Å². The van der Waals surface area contributed by atoms with Crippen molar-refractivity contribution in [1.29, 1.82) is 0 Å². The SMILES string of the molecule is CC.CC.CC.CC.CCC.CCC.c1cnc2c(c1)CC1=C2C2(c3ccccc31)c1ccccc1-c1c2cnc2ccccc12. The largest absolute Gasteiger partial charge is 0.256 e. The summed E-state index contributed by atoms with van der Waals surface area (Å²) in [5.41, 5.74) is 13.9. The van der Waals surface area contributed by atoms with Crippen LogP contribution in [-0.4, -0.2) is 9.97 Å². The zero-order valence-corrected chi connectivity index (χ0v) is 30.8. The van der Waals surface area contributed by atoms with Crippen LogP contribution in [0.25, 0.3) is 33.2 Å². The van der Waals surface area contributed by atoms with Crippen molar-refractivity contribution in [2.75, 3.05) is 0 Å². The summed E-state index contributed by atoms with van der Waals surface area (Å²) < 4.78 is 0. The Morgan fingerprint density at radius 3 is 1.72 bits per heavy atom. The number of fused-ring (bicyclic) bond motifs is 13. The fraction of sp³-hybridized carbons (Fsp3) is 0.364. The topological polar surface area (TPSA) is 25.8 Å². The van der Waals surface area contributed by atoms with Gasteiger partial charge in [-0.25, -0.2) is 0 Å². The number of benzene rings is 3. The van der Waals surface area contributed by atoms with E-state index in [0.717, 1.165) is 17.6 Å². The molecule has 1 unspecified atom stereocenters. The summed E-state index contributed by atoms with van der Waals surface area (Å²) in [6.07, 6.45) is 7.51. The Labute approximate surface area is 281 Å². The molecular formula is C44H58N2. The van der Waals surface area contributed by atoms with Crippen molar-refractivity contribution in [1.82, 2.24) is 9.97 Å². The molecule has 0 bridgehead atoms. The van der Waals surface area contributed by atoms with Crippen molar-refractivity contribution in [2.45, 2.75) is 108 Å². The first kappa shape index (κ1) is 38.1. The molecule has 2 aromatic heterocycles. The molecule has 0 amide bonds. The van der Waals surface area contributed by atoms with Gasteiger partial charge in [-0.1, -0.05) is 169 Å². The molecule has 5 aromatic rings. The van der Waals surface area contributed by atoms with Crippen LogP contribution >= 0.6 is 0 Å². The minimum absolute atomic E-state index is 0.367. The van der Waals surface area contributed by atoms with Crippen LogP contribution in [0.15, 0.2) is 97.3 Å². The molecule has 0 saturated heterocycles. The lowest BCUT2D eigenvalue weighted by Gasteiger charge is -2.32. The Morgan fingerprint density at radius 2 is 1.09 bits per heavy atom. The van der Waals surface area contributed by atoms with Crippen LogP contribution in [0.2, 0.25) is 0 Å². The van der Waals surface area contributed by atoms with Gasteiger partial charge in [0, 0.05) is 29.8 Å². The molecule has 8 rings (SSSR count). The number of hydrogen-bond acceptors (Lipinski definition) is 2. The number of nitrogens with zero attached hydrogens (tertiary/aromatic N) is 2. The van der Waals surface area contributed by atoms with Gasteiger partial charge in [0.25, 0.3) is 0 Å². The summed E-state index contributed by atoms with van der Waals surface area (Å²) in [5, 5.41) is 1.22. The zero-order valence-electron chi connectivity index (χ0n) is 30.8. The average molecular weight is 615 g/mol. The lowest BCUT2D eigenvalue weighted by atomic mass is 9.69. The molecule has 2 heterocycles. The van der Waals surface area contributed by atoms with E-state index in [9.17, 15) is 0 Å². The van der Waals surface area contributed by atoms with Crippen molar-refractivity contribution in [3.05, 3.63) is 131 Å². The van der Waals surface area contributed by atoms with Gasteiger partial charge < -0.3 is 0 Å². The van der Waals surface area contributed by atoms with Crippen LogP contribution in [0.5, 0.6) is 0 Å². The van der Waals surface area contributed by atoms with Crippen LogP contribution in [0.1, 0.15) is 129 Å². The third kappa shape index (κ3) is 6.45. The number of pyridine rings is 2. The predicted molar refractivity (Wildman–Crippen MR) is 206 cm³/mol. The van der Waals surface area contributed by atoms with E-state index in [4.69, 9.17) is 9.97 Å². The maximum absolute atomic E-state index is 4.95. The summed E-state index contributed by atoms with van der Waals surface area (Å²) in [6, 6.07) is 30.7. The van der Waals surface area contributed by atoms with Gasteiger partial charge in [-0.3, -0.25) is 9.97 Å². The minimum Gasteiger partial charge on any atom is -0.256 e. The molecular weight excluding hydrogens is 556 g/mol. The van der Waals surface area contributed by atoms with Crippen molar-refractivity contribution in [3.8, 4) is 11.1 Å². The Kier molecular flexibility index (Phi) is 15.6. The van der Waals surface area contributed by atoms with Gasteiger partial charge in [0.2, 0.25) is 0 Å². The van der Waals surface area contributed by atoms with E-state index in [-0.39, 0.29) is 5.41 Å². The number of allylic oxidation sites excluding steroid dienone is 2. The maximum atomic E-state index is 4.95. The standard InChI is InChI=1S/C30H18N2.2C3H8.4C2H6/c1-4-12-23-19(9-1)22-16-18-8-7-15-31-29(18)28(22)30(23)24-13-5-2-10-20(24)27-21-11-3-6-14-26(21)32-17-25(27)30;2*1-3-2;4*1-2/h1-15,17H,16H2;2*3H2,1-2H3;4*1-2H3. The van der Waals surface area contributed by atoms with E-state index in [1.165, 1.54) is 68.3 Å². The highest BCUT2D eigenvalue weighted by molar-refractivity contribution is 6.14. The Hall–Kier alpha value is -4.04. The number of para-hydroxylation sites is 1. The van der Waals surface area contributed by atoms with Crippen LogP contribution < -0.4 is 0 Å². The molecule has 3 aliphatic rings. The number of rotatable bonds is 0. The van der Waals surface area contributed by atoms with E-state index < -0.39 is 0 Å². The third-order valence-electron chi connectivity index (χ3n) is 7.61. The van der Waals surface area contributed by atoms with Crippen molar-refractivity contribution >= 4 is 22.0 Å². The normalized spacial score (nSPS) is 14.6. The highest BCUT2D eigenvalue weighted by atomic mass is 14.7. The van der Waals surface area contributed by atoms with Crippen molar-refractivity contribution in [3.63, 3.8) is 0 Å². The average Bonchev–Trinajstić information content (AvgIpc) is 3.76. The molecule has 0 aliphatic heterocycles. The maximum Gasteiger partial charge on any atom is 0.0758 e. The molecule has 1 atom stereocenters. The molecule has 2 nitrogen and oxygen atoms in total. The fourth-order valence-electron chi connectivity index (χ4n) is 6.52. The molecule has 2 heteroatoms. The first-order valence-corrected chi connectivity index (χ1v) is 18.0. The number of aromatic nitrogens is 2. The smallest absolute Gasteiger partial charge is 0.0758 e. The van der Waals surface area contributed by atoms with Crippen molar-refractivity contribution < 1.29 is 0 Å². The minimum atomic E-state index is -0.367. The quantitative estimate of drug-likeness (QED) is 0.173. The summed E-state index contributed by atoms with van der Waals surface area (Å²) in [5.74, 6) is 0. The molecule has 46 heavy (non-hydrogen) atoms. The molecule has 0 fully saturated rings. The lowest BCUT2D eigenvalue weighted by Crippen LogP contribution is -2.27. The summed E-state index contributed by atoms with van der Waals surface area (Å²) in [7, 11) is 0. The second-order valence-electron chi connectivity index (χ2n) is 10.4. The van der Waals surface area contributed by atoms with Crippen LogP contribution in [0.3, 0.4) is 0 Å². The van der Waals surface area contributed by atoms with Gasteiger partial charge >= 0.3 is 0 Å². The lowest BCUT2D eigenvalue weighted by molar-refractivity contribution is 0.831. The van der Waals surface area contributed by atoms with E-state index in [1.807, 2.05) is 61.6 Å². The van der Waals surface area contributed by atoms with E-state index in [2.05, 4.69) is 119 Å². The Balaban J connectivity index is 0.000000465.